The van der Waals surface area contributed by atoms with Crippen molar-refractivity contribution in [3.05, 3.63) is 22.9 Å². The first-order valence-corrected chi connectivity index (χ1v) is 21.9. The number of anilines is 1. The molecule has 0 radical (unpaired) electrons. The molecule has 43 heavy (non-hydrogen) atoms. The maximum absolute atomic E-state index is 13.0. The van der Waals surface area contributed by atoms with E-state index in [4.69, 9.17) is 18.6 Å². The molecule has 1 amide bonds. The number of hydrogen-bond donors (Lipinski definition) is 1. The van der Waals surface area contributed by atoms with Gasteiger partial charge >= 0.3 is 6.09 Å². The number of nitrogens with zero attached hydrogens (tertiary/aromatic N) is 3. The molecule has 8 nitrogen and oxygen atoms in total. The van der Waals surface area contributed by atoms with Gasteiger partial charge in [-0.2, -0.15) is 0 Å². The Balaban J connectivity index is 1.95. The van der Waals surface area contributed by atoms with Crippen LogP contribution in [0.4, 0.5) is 10.6 Å². The monoisotopic (exact) mass is 635 g/mol. The molecule has 1 saturated heterocycles. The number of aromatic nitrogens is 1. The number of fused-ring (bicyclic) bond motifs is 3. The van der Waals surface area contributed by atoms with Crippen LogP contribution in [0, 0.1) is 5.92 Å². The van der Waals surface area contributed by atoms with E-state index in [-0.39, 0.29) is 34.9 Å². The first-order valence-electron chi connectivity index (χ1n) is 16.1. The van der Waals surface area contributed by atoms with Gasteiger partial charge in [0.05, 0.1) is 24.9 Å². The van der Waals surface area contributed by atoms with Crippen LogP contribution in [0.5, 0.6) is 0 Å². The molecule has 1 aromatic rings. The highest BCUT2D eigenvalue weighted by Gasteiger charge is 2.45. The molecule has 246 valence electrons. The van der Waals surface area contributed by atoms with Gasteiger partial charge in [-0.1, -0.05) is 48.5 Å². The predicted molar refractivity (Wildman–Crippen MR) is 181 cm³/mol. The molecule has 3 atom stereocenters. The van der Waals surface area contributed by atoms with Crippen LogP contribution in [0.2, 0.25) is 36.3 Å². The number of hydrogen-bond acceptors (Lipinski definition) is 7. The predicted octanol–water partition coefficient (Wildman–Crippen LogP) is 7.67. The van der Waals surface area contributed by atoms with Crippen LogP contribution >= 0.6 is 0 Å². The van der Waals surface area contributed by atoms with Crippen molar-refractivity contribution in [2.75, 3.05) is 24.6 Å². The van der Waals surface area contributed by atoms with Crippen molar-refractivity contribution >= 4 is 28.5 Å². The summed E-state index contributed by atoms with van der Waals surface area (Å²) in [6.07, 6.45) is -0.311. The van der Waals surface area contributed by atoms with Crippen LogP contribution in [-0.4, -0.2) is 75.1 Å². The summed E-state index contributed by atoms with van der Waals surface area (Å²) in [7, 11) is -4.20. The molecule has 3 rings (SSSR count). The van der Waals surface area contributed by atoms with Crippen LogP contribution < -0.4 is 4.90 Å². The lowest BCUT2D eigenvalue weighted by Gasteiger charge is -2.43. The zero-order valence-electron chi connectivity index (χ0n) is 29.8. The van der Waals surface area contributed by atoms with Crippen molar-refractivity contribution in [3.8, 4) is 0 Å². The number of aliphatic hydroxyl groups is 1. The average Bonchev–Trinajstić information content (AvgIpc) is 3.21. The minimum atomic E-state index is -2.14. The van der Waals surface area contributed by atoms with E-state index < -0.39 is 28.3 Å². The summed E-state index contributed by atoms with van der Waals surface area (Å²) in [4.78, 5) is 22.4. The van der Waals surface area contributed by atoms with Gasteiger partial charge in [0, 0.05) is 24.7 Å². The lowest BCUT2D eigenvalue weighted by molar-refractivity contribution is 0.0191. The molecule has 1 unspecified atom stereocenters. The first kappa shape index (κ1) is 36.0. The van der Waals surface area contributed by atoms with Crippen LogP contribution in [0.25, 0.3) is 0 Å². The molecule has 0 aliphatic carbocycles. The second kappa shape index (κ2) is 12.4. The molecule has 1 N–H and O–H groups in total. The van der Waals surface area contributed by atoms with Gasteiger partial charge < -0.3 is 28.5 Å². The molecule has 3 heterocycles. The molecule has 2 aliphatic rings. The van der Waals surface area contributed by atoms with Gasteiger partial charge in [-0.15, -0.1) is 0 Å². The lowest BCUT2D eigenvalue weighted by Crippen LogP contribution is -2.58. The van der Waals surface area contributed by atoms with Crippen LogP contribution in [0.15, 0.2) is 6.07 Å². The van der Waals surface area contributed by atoms with Crippen LogP contribution in [-0.2, 0) is 26.6 Å². The summed E-state index contributed by atoms with van der Waals surface area (Å²) < 4.78 is 19.0. The van der Waals surface area contributed by atoms with Gasteiger partial charge in [-0.3, -0.25) is 0 Å². The Kier molecular flexibility index (Phi) is 10.4. The third kappa shape index (κ3) is 7.86. The molecule has 1 aromatic heterocycles. The normalized spacial score (nSPS) is 20.8. The largest absolute Gasteiger partial charge is 0.444 e. The van der Waals surface area contributed by atoms with Gasteiger partial charge in [0.2, 0.25) is 0 Å². The van der Waals surface area contributed by atoms with Crippen molar-refractivity contribution in [1.29, 1.82) is 0 Å². The number of aliphatic hydroxyl groups excluding tert-OH is 1. The second-order valence-electron chi connectivity index (χ2n) is 16.8. The summed E-state index contributed by atoms with van der Waals surface area (Å²) in [5, 5.41) is 11.7. The lowest BCUT2D eigenvalue weighted by atomic mass is 9.99. The van der Waals surface area contributed by atoms with Crippen molar-refractivity contribution < 1.29 is 23.5 Å². The number of carbonyl (C=O) groups is 1. The van der Waals surface area contributed by atoms with Gasteiger partial charge in [0.25, 0.3) is 0 Å². The SMILES string of the molecule is CC(C)C(C)(C)[Si](C)(C)OCc1nc2c(cc1C(O)CO[Si](C)(C)C(C)(C)C)C[C@@H]1CN(C(=O)OC(C)(C)C)C[C@@H](C)N21. The van der Waals surface area contributed by atoms with E-state index >= 15 is 0 Å². The zero-order chi connectivity index (χ0) is 32.9. The summed E-state index contributed by atoms with van der Waals surface area (Å²) in [6, 6.07) is 2.32. The third-order valence-corrected chi connectivity index (χ3v) is 19.7. The van der Waals surface area contributed by atoms with Gasteiger partial charge in [0.1, 0.15) is 17.5 Å². The fourth-order valence-electron chi connectivity index (χ4n) is 5.56. The molecule has 0 saturated carbocycles. The highest BCUT2D eigenvalue weighted by atomic mass is 28.4. The number of ether oxygens (including phenoxy) is 1. The first-order chi connectivity index (χ1) is 19.4. The summed E-state index contributed by atoms with van der Waals surface area (Å²) in [6.45, 7) is 34.3. The Morgan fingerprint density at radius 3 is 2.16 bits per heavy atom. The van der Waals surface area contributed by atoms with E-state index in [9.17, 15) is 9.90 Å². The van der Waals surface area contributed by atoms with E-state index in [0.717, 1.165) is 29.1 Å². The van der Waals surface area contributed by atoms with E-state index in [1.165, 1.54) is 0 Å². The molecule has 0 spiro atoms. The average molecular weight is 636 g/mol. The van der Waals surface area contributed by atoms with Crippen LogP contribution in [0.3, 0.4) is 0 Å². The minimum Gasteiger partial charge on any atom is -0.444 e. The summed E-state index contributed by atoms with van der Waals surface area (Å²) in [5.74, 6) is 1.43. The molecule has 0 aromatic carbocycles. The maximum Gasteiger partial charge on any atom is 0.410 e. The summed E-state index contributed by atoms with van der Waals surface area (Å²) >= 11 is 0. The number of piperazine rings is 1. The fraction of sp³-hybridized carbons (Fsp3) is 0.818. The van der Waals surface area contributed by atoms with Gasteiger partial charge in [0.15, 0.2) is 16.6 Å². The van der Waals surface area contributed by atoms with Crippen LogP contribution in [0.1, 0.15) is 99.1 Å². The standard InChI is InChI=1S/C33H61N3O5Si2/c1-22(2)33(10,11)43(14,15)39-20-27-26(28(37)21-40-42(12,13)32(7,8)9)17-24-16-25-19-35(30(38)41-31(4,5)6)18-23(3)36(25)29(24)34-27/h17,22-23,25,28,37H,16,18-21H2,1-15H3/t23-,25-,28?/m1/s1. The Labute approximate surface area is 264 Å². The quantitative estimate of drug-likeness (QED) is 0.279. The van der Waals surface area contributed by atoms with E-state index in [1.807, 2.05) is 25.7 Å². The Hall–Kier alpha value is -1.47. The third-order valence-electron chi connectivity index (χ3n) is 10.7. The maximum atomic E-state index is 13.0. The van der Waals surface area contributed by atoms with Crippen molar-refractivity contribution in [1.82, 2.24) is 9.88 Å². The number of pyridine rings is 1. The van der Waals surface area contributed by atoms with Crippen molar-refractivity contribution in [2.24, 2.45) is 5.92 Å². The highest BCUT2D eigenvalue weighted by Crippen LogP contribution is 2.45. The highest BCUT2D eigenvalue weighted by molar-refractivity contribution is 6.74. The van der Waals surface area contributed by atoms with Crippen molar-refractivity contribution in [2.45, 2.75) is 149 Å². The van der Waals surface area contributed by atoms with E-state index in [0.29, 0.717) is 25.6 Å². The van der Waals surface area contributed by atoms with E-state index in [1.54, 1.807) is 0 Å². The second-order valence-corrected chi connectivity index (χ2v) is 26.2. The Morgan fingerprint density at radius 1 is 1.02 bits per heavy atom. The molecule has 1 fully saturated rings. The molecule has 2 aliphatic heterocycles. The summed E-state index contributed by atoms with van der Waals surface area (Å²) in [5.41, 5.74) is 2.14. The topological polar surface area (TPSA) is 84.4 Å². The van der Waals surface area contributed by atoms with Gasteiger partial charge in [-0.25, -0.2) is 9.78 Å². The Bertz CT molecular complexity index is 1160. The zero-order valence-corrected chi connectivity index (χ0v) is 31.8. The fourth-order valence-corrected chi connectivity index (χ4v) is 8.83. The van der Waals surface area contributed by atoms with Crippen molar-refractivity contribution in [3.63, 3.8) is 0 Å². The van der Waals surface area contributed by atoms with Gasteiger partial charge in [-0.05, 0) is 87.9 Å². The molecule has 10 heteroatoms. The smallest absolute Gasteiger partial charge is 0.410 e. The number of carbonyl (C=O) groups excluding carboxylic acids is 1. The molecular formula is C33H61N3O5Si2. The van der Waals surface area contributed by atoms with E-state index in [2.05, 4.69) is 92.5 Å². The molecule has 0 bridgehead atoms. The Morgan fingerprint density at radius 2 is 1.63 bits per heavy atom. The number of rotatable bonds is 9. The number of amides is 1. The minimum absolute atomic E-state index is 0.0476. The molecular weight excluding hydrogens is 575 g/mol.